The number of rotatable bonds is 2. The molecule has 1 aromatic carbocycles. The monoisotopic (exact) mass is 417 g/mol. The number of nitrogens with two attached hydrogens (primary N) is 1. The van der Waals surface area contributed by atoms with Crippen LogP contribution in [0.25, 0.3) is 11.1 Å². The molecular formula is C23H27N7O. The average Bonchev–Trinajstić information content (AvgIpc) is 3.19. The lowest BCUT2D eigenvalue weighted by atomic mass is 9.86. The van der Waals surface area contributed by atoms with Gasteiger partial charge in [-0.3, -0.25) is 14.9 Å². The lowest BCUT2D eigenvalue weighted by Gasteiger charge is -2.38. The zero-order chi connectivity index (χ0) is 22.3. The Kier molecular flexibility index (Phi) is 5.27. The number of carbonyl (C=O) groups excluding carboxylic acids is 1. The number of nitrogens with zero attached hydrogens (tertiary/aromatic N) is 5. The Morgan fingerprint density at radius 3 is 2.77 bits per heavy atom. The molecule has 1 aromatic heterocycles. The number of carbonyl (C=O) groups is 1. The van der Waals surface area contributed by atoms with Crippen LogP contribution >= 0.6 is 0 Å². The van der Waals surface area contributed by atoms with Gasteiger partial charge in [-0.1, -0.05) is 6.92 Å². The zero-order valence-electron chi connectivity index (χ0n) is 18.1. The van der Waals surface area contributed by atoms with Crippen molar-refractivity contribution in [3.8, 4) is 17.2 Å². The van der Waals surface area contributed by atoms with Gasteiger partial charge in [0, 0.05) is 67.8 Å². The third kappa shape index (κ3) is 3.67. The molecule has 3 N–H and O–H groups in total. The highest BCUT2D eigenvalue weighted by Crippen LogP contribution is 2.40. The van der Waals surface area contributed by atoms with Gasteiger partial charge in [0.25, 0.3) is 0 Å². The Bertz CT molecular complexity index is 1140. The van der Waals surface area contributed by atoms with Crippen LogP contribution in [-0.2, 0) is 11.8 Å². The summed E-state index contributed by atoms with van der Waals surface area (Å²) >= 11 is 0. The predicted molar refractivity (Wildman–Crippen MR) is 120 cm³/mol. The Balaban J connectivity index is 1.77. The lowest BCUT2D eigenvalue weighted by molar-refractivity contribution is -0.128. The number of amidine groups is 1. The van der Waals surface area contributed by atoms with Gasteiger partial charge in [0.1, 0.15) is 5.84 Å². The Labute approximate surface area is 182 Å². The Morgan fingerprint density at radius 2 is 2.13 bits per heavy atom. The van der Waals surface area contributed by atoms with Gasteiger partial charge >= 0.3 is 0 Å². The Hall–Kier alpha value is -3.60. The molecule has 8 nitrogen and oxygen atoms in total. The molecule has 0 aliphatic carbocycles. The van der Waals surface area contributed by atoms with Crippen LogP contribution in [0.5, 0.6) is 0 Å². The van der Waals surface area contributed by atoms with Crippen molar-refractivity contribution in [1.29, 1.82) is 10.7 Å². The molecule has 2 aliphatic rings. The van der Waals surface area contributed by atoms with Gasteiger partial charge < -0.3 is 15.5 Å². The summed E-state index contributed by atoms with van der Waals surface area (Å²) in [7, 11) is 1.85. The number of hydrogen-bond donors (Lipinski definition) is 2. The molecular weight excluding hydrogens is 390 g/mol. The van der Waals surface area contributed by atoms with E-state index in [-0.39, 0.29) is 5.91 Å². The van der Waals surface area contributed by atoms with Crippen LogP contribution in [0.4, 0.5) is 5.69 Å². The summed E-state index contributed by atoms with van der Waals surface area (Å²) < 4.78 is 1.72. The van der Waals surface area contributed by atoms with Crippen LogP contribution in [0.2, 0.25) is 0 Å². The molecule has 0 spiro atoms. The van der Waals surface area contributed by atoms with E-state index in [1.165, 1.54) is 0 Å². The van der Waals surface area contributed by atoms with Crippen molar-refractivity contribution in [2.75, 3.05) is 24.5 Å². The molecule has 3 heterocycles. The van der Waals surface area contributed by atoms with Gasteiger partial charge in [-0.15, -0.1) is 0 Å². The van der Waals surface area contributed by atoms with E-state index in [1.807, 2.05) is 24.2 Å². The summed E-state index contributed by atoms with van der Waals surface area (Å²) in [5.41, 5.74) is 11.9. The number of anilines is 1. The van der Waals surface area contributed by atoms with Gasteiger partial charge in [0.15, 0.2) is 0 Å². The molecule has 1 unspecified atom stereocenters. The van der Waals surface area contributed by atoms with Crippen molar-refractivity contribution in [3.05, 3.63) is 46.9 Å². The van der Waals surface area contributed by atoms with Crippen LogP contribution in [0.3, 0.4) is 0 Å². The molecule has 0 fully saturated rings. The van der Waals surface area contributed by atoms with E-state index < -0.39 is 0 Å². The fraction of sp³-hybridized carbons (Fsp3) is 0.391. The van der Waals surface area contributed by atoms with Crippen LogP contribution in [-0.4, -0.2) is 46.1 Å². The number of nitrogens with one attached hydrogen (secondary N) is 1. The van der Waals surface area contributed by atoms with Crippen LogP contribution in [0.1, 0.15) is 43.7 Å². The second kappa shape index (κ2) is 7.91. The topological polar surface area (TPSA) is 115 Å². The van der Waals surface area contributed by atoms with Crippen LogP contribution in [0, 0.1) is 16.7 Å². The minimum Gasteiger partial charge on any atom is -0.402 e. The SMILES string of the molecule is CC(=O)N1CCC(N)=C(C(=N)N2CCC(C)c3cc(-c4cnn(C)c4)c(C#N)cc32)C1. The average molecular weight is 418 g/mol. The van der Waals surface area contributed by atoms with E-state index in [0.29, 0.717) is 54.6 Å². The van der Waals surface area contributed by atoms with E-state index in [0.717, 1.165) is 28.8 Å². The molecule has 31 heavy (non-hydrogen) atoms. The van der Waals surface area contributed by atoms with Crippen molar-refractivity contribution in [1.82, 2.24) is 14.7 Å². The van der Waals surface area contributed by atoms with Crippen LogP contribution < -0.4 is 10.6 Å². The van der Waals surface area contributed by atoms with Gasteiger partial charge in [-0.25, -0.2) is 0 Å². The highest BCUT2D eigenvalue weighted by Gasteiger charge is 2.31. The maximum Gasteiger partial charge on any atom is 0.219 e. The summed E-state index contributed by atoms with van der Waals surface area (Å²) in [6, 6.07) is 6.26. The van der Waals surface area contributed by atoms with Gasteiger partial charge in [0.05, 0.1) is 24.4 Å². The zero-order valence-corrected chi connectivity index (χ0v) is 18.1. The largest absolute Gasteiger partial charge is 0.402 e. The third-order valence-corrected chi connectivity index (χ3v) is 6.30. The molecule has 2 aliphatic heterocycles. The maximum absolute atomic E-state index is 11.9. The van der Waals surface area contributed by atoms with Gasteiger partial charge in [-0.05, 0) is 30.0 Å². The molecule has 8 heteroatoms. The summed E-state index contributed by atoms with van der Waals surface area (Å²) in [6.45, 7) is 5.31. The number of nitriles is 1. The van der Waals surface area contributed by atoms with E-state index in [9.17, 15) is 10.1 Å². The first-order valence-corrected chi connectivity index (χ1v) is 10.5. The summed E-state index contributed by atoms with van der Waals surface area (Å²) in [5.74, 6) is 0.599. The Morgan fingerprint density at radius 1 is 1.35 bits per heavy atom. The van der Waals surface area contributed by atoms with Crippen molar-refractivity contribution in [2.45, 2.75) is 32.6 Å². The molecule has 1 amide bonds. The van der Waals surface area contributed by atoms with E-state index in [2.05, 4.69) is 24.2 Å². The van der Waals surface area contributed by atoms with E-state index in [4.69, 9.17) is 11.1 Å². The van der Waals surface area contributed by atoms with Crippen molar-refractivity contribution >= 4 is 17.4 Å². The van der Waals surface area contributed by atoms with Crippen LogP contribution in [0.15, 0.2) is 35.8 Å². The van der Waals surface area contributed by atoms with Crippen molar-refractivity contribution < 1.29 is 4.79 Å². The summed E-state index contributed by atoms with van der Waals surface area (Å²) in [4.78, 5) is 15.5. The number of hydrogen-bond acceptors (Lipinski definition) is 5. The maximum atomic E-state index is 11.9. The number of amides is 1. The smallest absolute Gasteiger partial charge is 0.219 e. The summed E-state index contributed by atoms with van der Waals surface area (Å²) in [5, 5.41) is 23.0. The molecule has 0 bridgehead atoms. The minimum atomic E-state index is -0.0154. The van der Waals surface area contributed by atoms with E-state index >= 15 is 0 Å². The fourth-order valence-corrected chi connectivity index (χ4v) is 4.39. The first kappa shape index (κ1) is 20.7. The molecule has 1 atom stereocenters. The van der Waals surface area contributed by atoms with Crippen molar-refractivity contribution in [2.24, 2.45) is 12.8 Å². The highest BCUT2D eigenvalue weighted by atomic mass is 16.2. The normalized spacial score (nSPS) is 18.6. The van der Waals surface area contributed by atoms with Gasteiger partial charge in [0.2, 0.25) is 5.91 Å². The van der Waals surface area contributed by atoms with Gasteiger partial charge in [-0.2, -0.15) is 10.4 Å². The molecule has 4 rings (SSSR count). The quantitative estimate of drug-likeness (QED) is 0.576. The molecule has 0 saturated heterocycles. The first-order chi connectivity index (χ1) is 14.8. The second-order valence-corrected chi connectivity index (χ2v) is 8.36. The number of benzene rings is 1. The predicted octanol–water partition coefficient (Wildman–Crippen LogP) is 2.71. The third-order valence-electron chi connectivity index (χ3n) is 6.30. The minimum absolute atomic E-state index is 0.0154. The first-order valence-electron chi connectivity index (χ1n) is 10.5. The molecule has 160 valence electrons. The molecule has 0 saturated carbocycles. The molecule has 0 radical (unpaired) electrons. The number of aromatic nitrogens is 2. The second-order valence-electron chi connectivity index (χ2n) is 8.36. The number of aryl methyl sites for hydroxylation is 1. The lowest BCUT2D eigenvalue weighted by Crippen LogP contribution is -2.44. The fourth-order valence-electron chi connectivity index (χ4n) is 4.39. The van der Waals surface area contributed by atoms with E-state index in [1.54, 1.807) is 22.7 Å². The highest BCUT2D eigenvalue weighted by molar-refractivity contribution is 6.09. The number of fused-ring (bicyclic) bond motifs is 1. The van der Waals surface area contributed by atoms with Crippen molar-refractivity contribution in [3.63, 3.8) is 0 Å². The summed E-state index contributed by atoms with van der Waals surface area (Å²) in [6.07, 6.45) is 5.12. The standard InChI is InChI=1S/C23H27N7O/c1-14-4-7-30(23(26)20-13-29(15(2)31)6-5-21(20)25)22-8-16(10-24)19(9-18(14)22)17-11-27-28(3)12-17/h8-9,11-12,14,26H,4-7,13,25H2,1-3H3. The molecule has 2 aromatic rings.